The van der Waals surface area contributed by atoms with Crippen LogP contribution >= 0.6 is 0 Å². The van der Waals surface area contributed by atoms with Gasteiger partial charge in [-0.25, -0.2) is 4.98 Å². The lowest BCUT2D eigenvalue weighted by atomic mass is 10.2. The van der Waals surface area contributed by atoms with Crippen LogP contribution in [0.4, 0.5) is 17.2 Å². The van der Waals surface area contributed by atoms with Gasteiger partial charge in [0.15, 0.2) is 5.82 Å². The number of nitrogens with two attached hydrogens (primary N) is 1. The summed E-state index contributed by atoms with van der Waals surface area (Å²) < 4.78 is 0. The number of hydrogen-bond acceptors (Lipinski definition) is 5. The molecule has 18 heavy (non-hydrogen) atoms. The molecule has 0 amide bonds. The van der Waals surface area contributed by atoms with Crippen LogP contribution in [0.5, 0.6) is 0 Å². The Balaban J connectivity index is 2.42. The van der Waals surface area contributed by atoms with Gasteiger partial charge in [0.1, 0.15) is 5.69 Å². The van der Waals surface area contributed by atoms with E-state index in [2.05, 4.69) is 9.97 Å². The maximum Gasteiger partial charge on any atom is 0.276 e. The lowest BCUT2D eigenvalue weighted by Crippen LogP contribution is -2.20. The number of nitrogen functional groups attached to an aromatic ring is 1. The number of anilines is 3. The number of rotatable bonds is 2. The van der Waals surface area contributed by atoms with Gasteiger partial charge in [0.05, 0.1) is 18.0 Å². The summed E-state index contributed by atoms with van der Waals surface area (Å²) in [5.74, 6) is 0.378. The molecule has 6 nitrogen and oxygen atoms in total. The highest BCUT2D eigenvalue weighted by Crippen LogP contribution is 2.24. The highest BCUT2D eigenvalue weighted by Gasteiger charge is 2.11. The number of hydrogen-bond donors (Lipinski definition) is 2. The summed E-state index contributed by atoms with van der Waals surface area (Å²) in [4.78, 5) is 19.5. The Morgan fingerprint density at radius 2 is 2.06 bits per heavy atom. The van der Waals surface area contributed by atoms with Gasteiger partial charge in [0.2, 0.25) is 0 Å². The van der Waals surface area contributed by atoms with Gasteiger partial charge >= 0.3 is 0 Å². The highest BCUT2D eigenvalue weighted by atomic mass is 16.1. The maximum absolute atomic E-state index is 11.4. The Morgan fingerprint density at radius 3 is 2.67 bits per heavy atom. The fourth-order valence-corrected chi connectivity index (χ4v) is 1.55. The summed E-state index contributed by atoms with van der Waals surface area (Å²) in [6, 6.07) is 8.95. The van der Waals surface area contributed by atoms with Crippen LogP contribution in [0.3, 0.4) is 0 Å². The Hall–Kier alpha value is -2.81. The lowest BCUT2D eigenvalue weighted by Gasteiger charge is -2.19. The van der Waals surface area contributed by atoms with Crippen molar-refractivity contribution < 1.29 is 0 Å². The van der Waals surface area contributed by atoms with Crippen molar-refractivity contribution >= 4 is 17.2 Å². The van der Waals surface area contributed by atoms with Gasteiger partial charge in [0.25, 0.3) is 5.56 Å². The van der Waals surface area contributed by atoms with E-state index >= 15 is 0 Å². The molecular formula is C12H11N5O. The summed E-state index contributed by atoms with van der Waals surface area (Å²) in [5, 5.41) is 8.72. The monoisotopic (exact) mass is 241 g/mol. The number of aromatic nitrogens is 2. The number of benzene rings is 1. The zero-order valence-electron chi connectivity index (χ0n) is 9.71. The minimum Gasteiger partial charge on any atom is -0.391 e. The van der Waals surface area contributed by atoms with Gasteiger partial charge in [-0.3, -0.25) is 4.79 Å². The molecule has 0 bridgehead atoms. The van der Waals surface area contributed by atoms with Gasteiger partial charge in [-0.05, 0) is 24.3 Å². The first-order valence-electron chi connectivity index (χ1n) is 5.20. The Kier molecular flexibility index (Phi) is 2.98. The molecule has 0 saturated heterocycles. The topological polar surface area (TPSA) is 98.8 Å². The Morgan fingerprint density at radius 1 is 1.39 bits per heavy atom. The van der Waals surface area contributed by atoms with E-state index < -0.39 is 0 Å². The van der Waals surface area contributed by atoms with Gasteiger partial charge in [-0.2, -0.15) is 5.26 Å². The van der Waals surface area contributed by atoms with E-state index in [1.807, 2.05) is 6.07 Å². The van der Waals surface area contributed by atoms with Crippen molar-refractivity contribution in [2.45, 2.75) is 0 Å². The molecule has 90 valence electrons. The molecule has 1 aromatic carbocycles. The predicted molar refractivity (Wildman–Crippen MR) is 68.5 cm³/mol. The molecule has 1 aromatic heterocycles. The molecule has 2 rings (SSSR count). The van der Waals surface area contributed by atoms with E-state index in [9.17, 15) is 4.79 Å². The SMILES string of the molecule is CN(c1ccc(C#N)cc1)c1nc[nH]c(=O)c1N. The Bertz CT molecular complexity index is 653. The zero-order chi connectivity index (χ0) is 13.1. The van der Waals surface area contributed by atoms with Crippen LogP contribution in [-0.4, -0.2) is 17.0 Å². The fourth-order valence-electron chi connectivity index (χ4n) is 1.55. The van der Waals surface area contributed by atoms with E-state index in [0.29, 0.717) is 11.4 Å². The van der Waals surface area contributed by atoms with E-state index in [1.165, 1.54) is 6.33 Å². The van der Waals surface area contributed by atoms with Crippen molar-refractivity contribution in [2.24, 2.45) is 0 Å². The molecule has 0 radical (unpaired) electrons. The quantitative estimate of drug-likeness (QED) is 0.816. The van der Waals surface area contributed by atoms with Crippen LogP contribution in [0, 0.1) is 11.3 Å². The average molecular weight is 241 g/mol. The van der Waals surface area contributed by atoms with Crippen molar-refractivity contribution in [3.8, 4) is 6.07 Å². The van der Waals surface area contributed by atoms with E-state index in [4.69, 9.17) is 11.0 Å². The van der Waals surface area contributed by atoms with Crippen molar-refractivity contribution in [3.63, 3.8) is 0 Å². The normalized spacial score (nSPS) is 9.78. The van der Waals surface area contributed by atoms with Crippen molar-refractivity contribution in [2.75, 3.05) is 17.7 Å². The lowest BCUT2D eigenvalue weighted by molar-refractivity contribution is 1.06. The molecule has 0 saturated carbocycles. The molecule has 0 atom stereocenters. The summed E-state index contributed by atoms with van der Waals surface area (Å²) in [6.45, 7) is 0. The molecule has 1 heterocycles. The number of H-pyrrole nitrogens is 1. The number of nitrogens with one attached hydrogen (secondary N) is 1. The van der Waals surface area contributed by atoms with Crippen molar-refractivity contribution in [1.29, 1.82) is 5.26 Å². The smallest absolute Gasteiger partial charge is 0.276 e. The van der Waals surface area contributed by atoms with Crippen LogP contribution in [0.1, 0.15) is 5.56 Å². The minimum absolute atomic E-state index is 0.0596. The van der Waals surface area contributed by atoms with Crippen molar-refractivity contribution in [1.82, 2.24) is 9.97 Å². The third-order valence-corrected chi connectivity index (χ3v) is 2.57. The average Bonchev–Trinajstić information content (AvgIpc) is 2.41. The summed E-state index contributed by atoms with van der Waals surface area (Å²) >= 11 is 0. The second-order valence-corrected chi connectivity index (χ2v) is 3.69. The zero-order valence-corrected chi connectivity index (χ0v) is 9.71. The van der Waals surface area contributed by atoms with Crippen LogP contribution in [0.2, 0.25) is 0 Å². The molecule has 2 aromatic rings. The number of nitrogens with zero attached hydrogens (tertiary/aromatic N) is 3. The molecule has 0 aliphatic heterocycles. The molecule has 0 spiro atoms. The van der Waals surface area contributed by atoms with Gasteiger partial charge in [0, 0.05) is 12.7 Å². The first kappa shape index (κ1) is 11.7. The third-order valence-electron chi connectivity index (χ3n) is 2.57. The van der Waals surface area contributed by atoms with Gasteiger partial charge < -0.3 is 15.6 Å². The summed E-state index contributed by atoms with van der Waals surface area (Å²) in [5.41, 5.74) is 6.72. The molecule has 0 unspecified atom stereocenters. The second-order valence-electron chi connectivity index (χ2n) is 3.69. The maximum atomic E-state index is 11.4. The van der Waals surface area contributed by atoms with E-state index in [1.54, 1.807) is 36.2 Å². The van der Waals surface area contributed by atoms with Gasteiger partial charge in [-0.1, -0.05) is 0 Å². The summed E-state index contributed by atoms with van der Waals surface area (Å²) in [6.07, 6.45) is 1.30. The van der Waals surface area contributed by atoms with Crippen LogP contribution < -0.4 is 16.2 Å². The molecule has 3 N–H and O–H groups in total. The summed E-state index contributed by atoms with van der Waals surface area (Å²) in [7, 11) is 1.75. The molecule has 0 aliphatic carbocycles. The second kappa shape index (κ2) is 4.59. The Labute approximate surface area is 103 Å². The molecule has 0 aliphatic rings. The van der Waals surface area contributed by atoms with E-state index in [0.717, 1.165) is 5.69 Å². The number of aromatic amines is 1. The van der Waals surface area contributed by atoms with E-state index in [-0.39, 0.29) is 11.2 Å². The van der Waals surface area contributed by atoms with Gasteiger partial charge in [-0.15, -0.1) is 0 Å². The number of nitriles is 1. The first-order chi connectivity index (χ1) is 8.63. The first-order valence-corrected chi connectivity index (χ1v) is 5.20. The predicted octanol–water partition coefficient (Wildman–Crippen LogP) is 0.992. The van der Waals surface area contributed by atoms with Crippen LogP contribution in [0.25, 0.3) is 0 Å². The van der Waals surface area contributed by atoms with Crippen LogP contribution in [0.15, 0.2) is 35.4 Å². The third kappa shape index (κ3) is 2.01. The van der Waals surface area contributed by atoms with Crippen molar-refractivity contribution in [3.05, 3.63) is 46.5 Å². The van der Waals surface area contributed by atoms with Crippen LogP contribution in [-0.2, 0) is 0 Å². The largest absolute Gasteiger partial charge is 0.391 e. The molecule has 6 heteroatoms. The standard InChI is InChI=1S/C12H11N5O/c1-17(9-4-2-8(6-13)3-5-9)11-10(14)12(18)16-7-15-11/h2-5,7H,14H2,1H3,(H,15,16,18). The molecule has 0 fully saturated rings. The highest BCUT2D eigenvalue weighted by molar-refractivity contribution is 5.69. The minimum atomic E-state index is -0.375. The molecular weight excluding hydrogens is 230 g/mol. The fraction of sp³-hybridized carbons (Fsp3) is 0.0833.